The molecule has 4 heteroatoms. The quantitative estimate of drug-likeness (QED) is 0.822. The van der Waals surface area contributed by atoms with E-state index in [0.29, 0.717) is 18.8 Å². The van der Waals surface area contributed by atoms with Crippen molar-refractivity contribution < 1.29 is 19.7 Å². The molecule has 1 aromatic rings. The highest BCUT2D eigenvalue weighted by molar-refractivity contribution is 5.50. The van der Waals surface area contributed by atoms with Gasteiger partial charge in [0.2, 0.25) is 0 Å². The van der Waals surface area contributed by atoms with Gasteiger partial charge in [0.1, 0.15) is 5.60 Å². The number of aliphatic hydroxyl groups excluding tert-OH is 1. The fourth-order valence-corrected chi connectivity index (χ4v) is 2.04. The lowest BCUT2D eigenvalue weighted by Gasteiger charge is -2.37. The van der Waals surface area contributed by atoms with E-state index in [1.54, 1.807) is 13.2 Å². The maximum Gasteiger partial charge on any atom is 0.165 e. The lowest BCUT2D eigenvalue weighted by atomic mass is 9.90. The van der Waals surface area contributed by atoms with E-state index in [-0.39, 0.29) is 5.75 Å². The number of ether oxygens (including phenoxy) is 2. The highest BCUT2D eigenvalue weighted by Crippen LogP contribution is 2.40. The fourth-order valence-electron chi connectivity index (χ4n) is 2.04. The Morgan fingerprint density at radius 3 is 2.82 bits per heavy atom. The van der Waals surface area contributed by atoms with Crippen molar-refractivity contribution >= 4 is 0 Å². The van der Waals surface area contributed by atoms with Gasteiger partial charge >= 0.3 is 0 Å². The summed E-state index contributed by atoms with van der Waals surface area (Å²) in [7, 11) is 1.60. The van der Waals surface area contributed by atoms with Crippen LogP contribution >= 0.6 is 0 Å². The minimum atomic E-state index is -0.673. The molecular weight excluding hydrogens is 220 g/mol. The summed E-state index contributed by atoms with van der Waals surface area (Å²) in [5.74, 6) is 0.578. The van der Waals surface area contributed by atoms with Crippen LogP contribution in [0.4, 0.5) is 0 Å². The number of rotatable bonds is 2. The molecule has 1 aliphatic rings. The third-order valence-corrected chi connectivity index (χ3v) is 3.10. The Bertz CT molecular complexity index is 426. The molecule has 0 saturated carbocycles. The van der Waals surface area contributed by atoms with Gasteiger partial charge in [-0.05, 0) is 31.5 Å². The Morgan fingerprint density at radius 2 is 2.18 bits per heavy atom. The molecule has 94 valence electrons. The first-order valence-corrected chi connectivity index (χ1v) is 5.65. The van der Waals surface area contributed by atoms with Gasteiger partial charge in [0.25, 0.3) is 0 Å². The number of hydrogen-bond acceptors (Lipinski definition) is 4. The predicted octanol–water partition coefficient (Wildman–Crippen LogP) is 1.61. The molecule has 0 amide bonds. The Hall–Kier alpha value is -1.26. The number of hydrogen-bond donors (Lipinski definition) is 2. The Balaban J connectivity index is 2.40. The maximum atomic E-state index is 9.96. The van der Waals surface area contributed by atoms with E-state index < -0.39 is 11.7 Å². The van der Waals surface area contributed by atoms with Gasteiger partial charge in [0.15, 0.2) is 11.5 Å². The van der Waals surface area contributed by atoms with Crippen molar-refractivity contribution in [2.45, 2.75) is 38.6 Å². The van der Waals surface area contributed by atoms with E-state index in [1.807, 2.05) is 19.9 Å². The lowest BCUT2D eigenvalue weighted by molar-refractivity contribution is -0.0426. The van der Waals surface area contributed by atoms with Crippen molar-refractivity contribution in [2.24, 2.45) is 0 Å². The number of benzene rings is 1. The molecule has 1 aliphatic heterocycles. The van der Waals surface area contributed by atoms with E-state index in [4.69, 9.17) is 9.47 Å². The van der Waals surface area contributed by atoms with Gasteiger partial charge in [-0.1, -0.05) is 0 Å². The van der Waals surface area contributed by atoms with Crippen LogP contribution in [-0.4, -0.2) is 29.0 Å². The summed E-state index contributed by atoms with van der Waals surface area (Å²) in [6, 6.07) is 3.53. The van der Waals surface area contributed by atoms with E-state index >= 15 is 0 Å². The second kappa shape index (κ2) is 4.20. The summed E-state index contributed by atoms with van der Waals surface area (Å²) in [5, 5.41) is 19.9. The first-order chi connectivity index (χ1) is 7.94. The Morgan fingerprint density at radius 1 is 1.47 bits per heavy atom. The molecule has 0 aromatic heterocycles. The van der Waals surface area contributed by atoms with E-state index in [0.717, 1.165) is 11.1 Å². The second-order valence-electron chi connectivity index (χ2n) is 4.96. The molecule has 1 aromatic carbocycles. The monoisotopic (exact) mass is 238 g/mol. The molecule has 0 fully saturated rings. The number of fused-ring (bicyclic) bond motifs is 1. The largest absolute Gasteiger partial charge is 0.504 e. The first-order valence-electron chi connectivity index (χ1n) is 5.65. The smallest absolute Gasteiger partial charge is 0.165 e. The third kappa shape index (κ3) is 2.23. The van der Waals surface area contributed by atoms with Crippen LogP contribution in [-0.2, 0) is 17.8 Å². The van der Waals surface area contributed by atoms with Crippen LogP contribution in [0, 0.1) is 0 Å². The van der Waals surface area contributed by atoms with Crippen molar-refractivity contribution in [3.63, 3.8) is 0 Å². The van der Waals surface area contributed by atoms with Gasteiger partial charge in [-0.3, -0.25) is 0 Å². The highest BCUT2D eigenvalue weighted by Gasteiger charge is 2.37. The molecule has 0 bridgehead atoms. The second-order valence-corrected chi connectivity index (χ2v) is 4.96. The van der Waals surface area contributed by atoms with Gasteiger partial charge in [0, 0.05) is 19.1 Å². The van der Waals surface area contributed by atoms with Crippen LogP contribution in [0.15, 0.2) is 12.1 Å². The molecule has 0 radical (unpaired) electrons. The molecular formula is C13H18O4. The van der Waals surface area contributed by atoms with Crippen molar-refractivity contribution in [3.8, 4) is 11.5 Å². The normalized spacial score (nSPS) is 21.8. The van der Waals surface area contributed by atoms with Crippen LogP contribution in [0.25, 0.3) is 0 Å². The van der Waals surface area contributed by atoms with Crippen molar-refractivity contribution in [1.82, 2.24) is 0 Å². The molecule has 17 heavy (non-hydrogen) atoms. The first kappa shape index (κ1) is 12.2. The number of aliphatic hydroxyl groups is 1. The van der Waals surface area contributed by atoms with Gasteiger partial charge < -0.3 is 19.7 Å². The number of phenolic OH excluding ortho intramolecular Hbond substituents is 1. The van der Waals surface area contributed by atoms with Crippen LogP contribution in [0.5, 0.6) is 11.5 Å². The minimum absolute atomic E-state index is 0.106. The van der Waals surface area contributed by atoms with Gasteiger partial charge in [0.05, 0.1) is 12.7 Å². The summed E-state index contributed by atoms with van der Waals surface area (Å²) in [4.78, 5) is 0. The zero-order valence-electron chi connectivity index (χ0n) is 10.4. The van der Waals surface area contributed by atoms with Crippen molar-refractivity contribution in [1.29, 1.82) is 0 Å². The molecule has 0 spiro atoms. The SMILES string of the molecule is COCc1cc(O)c2c(c1)C[C@H](O)C(C)(C)O2. The maximum absolute atomic E-state index is 9.96. The van der Waals surface area contributed by atoms with E-state index in [9.17, 15) is 10.2 Å². The van der Waals surface area contributed by atoms with Crippen LogP contribution in [0.2, 0.25) is 0 Å². The average molecular weight is 238 g/mol. The standard InChI is InChI=1S/C13H18O4/c1-13(2)11(15)6-9-4-8(7-16-3)5-10(14)12(9)17-13/h4-5,11,14-15H,6-7H2,1-3H3/t11-/m0/s1. The Kier molecular flexibility index (Phi) is 3.02. The van der Waals surface area contributed by atoms with Gasteiger partial charge in [-0.15, -0.1) is 0 Å². The zero-order valence-corrected chi connectivity index (χ0v) is 10.4. The molecule has 4 nitrogen and oxygen atoms in total. The minimum Gasteiger partial charge on any atom is -0.504 e. The van der Waals surface area contributed by atoms with Crippen LogP contribution < -0.4 is 4.74 Å². The fraction of sp³-hybridized carbons (Fsp3) is 0.538. The van der Waals surface area contributed by atoms with Gasteiger partial charge in [-0.25, -0.2) is 0 Å². The number of methoxy groups -OCH3 is 1. The molecule has 0 aliphatic carbocycles. The summed E-state index contributed by atoms with van der Waals surface area (Å²) >= 11 is 0. The summed E-state index contributed by atoms with van der Waals surface area (Å²) < 4.78 is 10.7. The zero-order chi connectivity index (χ0) is 12.6. The molecule has 1 heterocycles. The molecule has 1 atom stereocenters. The van der Waals surface area contributed by atoms with Crippen LogP contribution in [0.1, 0.15) is 25.0 Å². The summed E-state index contributed by atoms with van der Waals surface area (Å²) in [6.07, 6.45) is -0.0971. The third-order valence-electron chi connectivity index (χ3n) is 3.10. The molecule has 0 unspecified atom stereocenters. The topological polar surface area (TPSA) is 58.9 Å². The molecule has 2 rings (SSSR count). The number of aromatic hydroxyl groups is 1. The Labute approximate surface area is 101 Å². The molecule has 2 N–H and O–H groups in total. The molecule has 0 saturated heterocycles. The lowest BCUT2D eigenvalue weighted by Crippen LogP contribution is -2.46. The van der Waals surface area contributed by atoms with E-state index in [1.165, 1.54) is 0 Å². The van der Waals surface area contributed by atoms with Crippen molar-refractivity contribution in [2.75, 3.05) is 7.11 Å². The summed E-state index contributed by atoms with van der Waals surface area (Å²) in [5.41, 5.74) is 1.02. The van der Waals surface area contributed by atoms with Crippen molar-refractivity contribution in [3.05, 3.63) is 23.3 Å². The van der Waals surface area contributed by atoms with E-state index in [2.05, 4.69) is 0 Å². The number of phenols is 1. The summed E-state index contributed by atoms with van der Waals surface area (Å²) in [6.45, 7) is 4.05. The predicted molar refractivity (Wildman–Crippen MR) is 63.2 cm³/mol. The van der Waals surface area contributed by atoms with Gasteiger partial charge in [-0.2, -0.15) is 0 Å². The average Bonchev–Trinajstić information content (AvgIpc) is 2.22. The van der Waals surface area contributed by atoms with Crippen LogP contribution in [0.3, 0.4) is 0 Å². The highest BCUT2D eigenvalue weighted by atomic mass is 16.5.